The van der Waals surface area contributed by atoms with Crippen LogP contribution in [0, 0.1) is 0 Å². The Bertz CT molecular complexity index is 232. The lowest BCUT2D eigenvalue weighted by Gasteiger charge is -2.35. The fourth-order valence-electron chi connectivity index (χ4n) is 3.20. The van der Waals surface area contributed by atoms with Gasteiger partial charge in [0.15, 0.2) is 0 Å². The molecule has 0 aliphatic rings. The van der Waals surface area contributed by atoms with Crippen molar-refractivity contribution in [3.8, 4) is 0 Å². The first-order chi connectivity index (χ1) is 9.42. The van der Waals surface area contributed by atoms with Gasteiger partial charge in [0.25, 0.3) is 0 Å². The molecule has 1 nitrogen and oxygen atoms in total. The summed E-state index contributed by atoms with van der Waals surface area (Å²) < 4.78 is 0. The number of hydrogen-bond acceptors (Lipinski definition) is 1. The smallest absolute Gasteiger partial charge is 0.0783 e. The van der Waals surface area contributed by atoms with Crippen LogP contribution >= 0.6 is 0 Å². The third kappa shape index (κ3) is 7.08. The van der Waals surface area contributed by atoms with Crippen molar-refractivity contribution in [3.63, 3.8) is 0 Å². The SMILES string of the molecule is C=C[Si](CCCC)(CCCC)CCN(C(C)C)C(C)C. The molecule has 2 heteroatoms. The van der Waals surface area contributed by atoms with Gasteiger partial charge in [-0.3, -0.25) is 4.90 Å². The molecule has 120 valence electrons. The van der Waals surface area contributed by atoms with E-state index >= 15 is 0 Å². The molecule has 0 aromatic rings. The molecule has 0 rings (SSSR count). The minimum Gasteiger partial charge on any atom is -0.299 e. The normalized spacial score (nSPS) is 12.7. The summed E-state index contributed by atoms with van der Waals surface area (Å²) in [6, 6.07) is 5.63. The molecule has 0 aromatic carbocycles. The van der Waals surface area contributed by atoms with Gasteiger partial charge in [0.2, 0.25) is 0 Å². The van der Waals surface area contributed by atoms with E-state index in [0.29, 0.717) is 12.1 Å². The van der Waals surface area contributed by atoms with E-state index in [0.717, 1.165) is 0 Å². The zero-order valence-electron chi connectivity index (χ0n) is 15.0. The second kappa shape index (κ2) is 10.6. The Morgan fingerprint density at radius 1 is 0.900 bits per heavy atom. The summed E-state index contributed by atoms with van der Waals surface area (Å²) in [5, 5.41) is 0. The molecule has 0 saturated carbocycles. The minimum atomic E-state index is -1.24. The van der Waals surface area contributed by atoms with Crippen molar-refractivity contribution in [1.82, 2.24) is 4.90 Å². The highest BCUT2D eigenvalue weighted by atomic mass is 28.3. The number of nitrogens with zero attached hydrogens (tertiary/aromatic N) is 1. The zero-order valence-corrected chi connectivity index (χ0v) is 16.0. The Hall–Kier alpha value is -0.0831. The van der Waals surface area contributed by atoms with E-state index in [1.54, 1.807) is 0 Å². The monoisotopic (exact) mass is 297 g/mol. The van der Waals surface area contributed by atoms with Crippen LogP contribution in [0.4, 0.5) is 0 Å². The Labute approximate surface area is 129 Å². The number of hydrogen-bond donors (Lipinski definition) is 0. The maximum atomic E-state index is 4.25. The topological polar surface area (TPSA) is 3.24 Å². The fourth-order valence-corrected chi connectivity index (χ4v) is 7.38. The molecule has 0 unspecified atom stereocenters. The van der Waals surface area contributed by atoms with Crippen LogP contribution < -0.4 is 0 Å². The molecule has 20 heavy (non-hydrogen) atoms. The van der Waals surface area contributed by atoms with Crippen molar-refractivity contribution in [3.05, 3.63) is 12.3 Å². The lowest BCUT2D eigenvalue weighted by Crippen LogP contribution is -2.42. The van der Waals surface area contributed by atoms with Gasteiger partial charge in [0.05, 0.1) is 8.07 Å². The van der Waals surface area contributed by atoms with E-state index in [1.807, 2.05) is 0 Å². The second-order valence-electron chi connectivity index (χ2n) is 6.95. The van der Waals surface area contributed by atoms with Crippen LogP contribution in [0.1, 0.15) is 67.2 Å². The average Bonchev–Trinajstić information content (AvgIpc) is 2.40. The summed E-state index contributed by atoms with van der Waals surface area (Å²) in [5.74, 6) is 0. The van der Waals surface area contributed by atoms with Crippen LogP contribution in [0.5, 0.6) is 0 Å². The van der Waals surface area contributed by atoms with E-state index in [2.05, 4.69) is 58.7 Å². The summed E-state index contributed by atoms with van der Waals surface area (Å²) >= 11 is 0. The molecule has 0 bridgehead atoms. The first kappa shape index (κ1) is 19.9. The predicted molar refractivity (Wildman–Crippen MR) is 97.2 cm³/mol. The Morgan fingerprint density at radius 3 is 1.65 bits per heavy atom. The standard InChI is InChI=1S/C18H39NSi/c1-8-11-14-20(10-3,15-12-9-2)16-13-19(17(4)5)18(6)7/h10,17-18H,3,8-9,11-16H2,1-2,4-7H3. The second-order valence-corrected chi connectivity index (χ2v) is 11.6. The predicted octanol–water partition coefficient (Wildman–Crippen LogP) is 5.88. The highest BCUT2D eigenvalue weighted by Gasteiger charge is 2.29. The molecule has 0 atom stereocenters. The van der Waals surface area contributed by atoms with Gasteiger partial charge >= 0.3 is 0 Å². The van der Waals surface area contributed by atoms with Crippen LogP contribution in [0.3, 0.4) is 0 Å². The molecule has 0 aliphatic carbocycles. The number of unbranched alkanes of at least 4 members (excludes halogenated alkanes) is 2. The minimum absolute atomic E-state index is 0.656. The maximum Gasteiger partial charge on any atom is 0.0783 e. The quantitative estimate of drug-likeness (QED) is 0.407. The van der Waals surface area contributed by atoms with Gasteiger partial charge in [-0.05, 0) is 40.3 Å². The van der Waals surface area contributed by atoms with Gasteiger partial charge in [0.1, 0.15) is 0 Å². The molecular weight excluding hydrogens is 258 g/mol. The zero-order chi connectivity index (χ0) is 15.6. The van der Waals surface area contributed by atoms with Crippen molar-refractivity contribution < 1.29 is 0 Å². The van der Waals surface area contributed by atoms with Gasteiger partial charge in [-0.15, -0.1) is 12.3 Å². The van der Waals surface area contributed by atoms with Gasteiger partial charge in [0, 0.05) is 12.1 Å². The third-order valence-electron chi connectivity index (χ3n) is 4.68. The fraction of sp³-hybridized carbons (Fsp3) is 0.889. The molecule has 0 spiro atoms. The molecule has 0 heterocycles. The molecule has 0 amide bonds. The van der Waals surface area contributed by atoms with Crippen LogP contribution in [-0.4, -0.2) is 31.6 Å². The Balaban J connectivity index is 4.71. The van der Waals surface area contributed by atoms with Gasteiger partial charge in [-0.2, -0.15) is 0 Å². The summed E-state index contributed by atoms with van der Waals surface area (Å²) in [5.41, 5.74) is 2.41. The van der Waals surface area contributed by atoms with E-state index in [9.17, 15) is 0 Å². The van der Waals surface area contributed by atoms with Gasteiger partial charge < -0.3 is 0 Å². The summed E-state index contributed by atoms with van der Waals surface area (Å²) in [6.07, 6.45) is 5.44. The molecule has 0 saturated heterocycles. The largest absolute Gasteiger partial charge is 0.299 e. The van der Waals surface area contributed by atoms with Crippen LogP contribution in [0.2, 0.25) is 18.1 Å². The molecular formula is C18H39NSi. The van der Waals surface area contributed by atoms with E-state index in [1.165, 1.54) is 50.4 Å². The van der Waals surface area contributed by atoms with Crippen LogP contribution in [-0.2, 0) is 0 Å². The van der Waals surface area contributed by atoms with Gasteiger partial charge in [-0.1, -0.05) is 51.6 Å². The molecule has 0 aromatic heterocycles. The maximum absolute atomic E-state index is 4.25. The summed E-state index contributed by atoms with van der Waals surface area (Å²) in [4.78, 5) is 2.66. The van der Waals surface area contributed by atoms with Crippen molar-refractivity contribution in [2.24, 2.45) is 0 Å². The molecule has 0 aliphatic heterocycles. The molecule has 0 fully saturated rings. The van der Waals surface area contributed by atoms with Crippen molar-refractivity contribution in [2.45, 2.75) is 97.4 Å². The van der Waals surface area contributed by atoms with Crippen LogP contribution in [0.25, 0.3) is 0 Å². The first-order valence-corrected chi connectivity index (χ1v) is 11.5. The third-order valence-corrected chi connectivity index (χ3v) is 9.47. The van der Waals surface area contributed by atoms with Crippen molar-refractivity contribution in [1.29, 1.82) is 0 Å². The molecule has 0 N–H and O–H groups in total. The Morgan fingerprint density at radius 2 is 1.35 bits per heavy atom. The van der Waals surface area contributed by atoms with E-state index in [-0.39, 0.29) is 0 Å². The lowest BCUT2D eigenvalue weighted by atomic mass is 10.2. The van der Waals surface area contributed by atoms with Crippen LogP contribution in [0.15, 0.2) is 12.3 Å². The first-order valence-electron chi connectivity index (χ1n) is 8.81. The average molecular weight is 298 g/mol. The summed E-state index contributed by atoms with van der Waals surface area (Å²) in [7, 11) is -1.24. The lowest BCUT2D eigenvalue weighted by molar-refractivity contribution is 0.184. The number of rotatable bonds is 12. The van der Waals surface area contributed by atoms with E-state index < -0.39 is 8.07 Å². The summed E-state index contributed by atoms with van der Waals surface area (Å²) in [6.45, 7) is 19.5. The molecule has 0 radical (unpaired) electrons. The van der Waals surface area contributed by atoms with Crippen molar-refractivity contribution in [2.75, 3.05) is 6.54 Å². The highest BCUT2D eigenvalue weighted by molar-refractivity contribution is 6.84. The van der Waals surface area contributed by atoms with Crippen molar-refractivity contribution >= 4 is 8.07 Å². The highest BCUT2D eigenvalue weighted by Crippen LogP contribution is 2.28. The van der Waals surface area contributed by atoms with Gasteiger partial charge in [-0.25, -0.2) is 0 Å². The van der Waals surface area contributed by atoms with E-state index in [4.69, 9.17) is 0 Å². The Kier molecular flexibility index (Phi) is 10.6.